The predicted octanol–water partition coefficient (Wildman–Crippen LogP) is 0.0653. The minimum absolute atomic E-state index is 0. The summed E-state index contributed by atoms with van der Waals surface area (Å²) >= 11 is 0. The summed E-state index contributed by atoms with van der Waals surface area (Å²) in [6.45, 7) is 2.50. The van der Waals surface area contributed by atoms with E-state index in [0.717, 1.165) is 32.4 Å². The maximum Gasteiger partial charge on any atom is 0.237 e. The lowest BCUT2D eigenvalue weighted by molar-refractivity contribution is -0.125. The van der Waals surface area contributed by atoms with Gasteiger partial charge in [-0.3, -0.25) is 4.79 Å². The lowest BCUT2D eigenvalue weighted by Gasteiger charge is -2.26. The molecule has 14 heavy (non-hydrogen) atoms. The molecule has 0 radical (unpaired) electrons. The van der Waals surface area contributed by atoms with E-state index in [1.807, 2.05) is 0 Å². The first kappa shape index (κ1) is 11.8. The molecule has 2 N–H and O–H groups in total. The second kappa shape index (κ2) is 5.53. The van der Waals surface area contributed by atoms with Crippen LogP contribution >= 0.6 is 12.4 Å². The van der Waals surface area contributed by atoms with E-state index in [1.165, 1.54) is 0 Å². The predicted molar refractivity (Wildman–Crippen MR) is 55.6 cm³/mol. The quantitative estimate of drug-likeness (QED) is 0.708. The zero-order chi connectivity index (χ0) is 9.10. The summed E-state index contributed by atoms with van der Waals surface area (Å²) < 4.78 is 5.40. The number of nitrogens with one attached hydrogen (secondary N) is 2. The van der Waals surface area contributed by atoms with Gasteiger partial charge in [0, 0.05) is 13.2 Å². The van der Waals surface area contributed by atoms with Crippen LogP contribution in [-0.4, -0.2) is 37.7 Å². The molecule has 0 spiro atoms. The molecular formula is C9H17ClN2O2. The Hall–Kier alpha value is -0.320. The van der Waals surface area contributed by atoms with Crippen molar-refractivity contribution in [2.45, 2.75) is 31.4 Å². The van der Waals surface area contributed by atoms with E-state index in [-0.39, 0.29) is 30.5 Å². The Morgan fingerprint density at radius 2 is 2.29 bits per heavy atom. The van der Waals surface area contributed by atoms with E-state index in [1.54, 1.807) is 0 Å². The van der Waals surface area contributed by atoms with Crippen LogP contribution in [0.4, 0.5) is 0 Å². The number of hydrogen-bond donors (Lipinski definition) is 2. The highest BCUT2D eigenvalue weighted by Gasteiger charge is 2.25. The molecule has 2 saturated heterocycles. The van der Waals surface area contributed by atoms with Gasteiger partial charge in [0.05, 0.1) is 12.1 Å². The van der Waals surface area contributed by atoms with Crippen LogP contribution in [0.1, 0.15) is 19.3 Å². The molecule has 2 atom stereocenters. The Labute approximate surface area is 90.2 Å². The number of amides is 1. The smallest absolute Gasteiger partial charge is 0.237 e. The van der Waals surface area contributed by atoms with E-state index >= 15 is 0 Å². The highest BCUT2D eigenvalue weighted by molar-refractivity contribution is 5.85. The Morgan fingerprint density at radius 3 is 2.79 bits per heavy atom. The normalized spacial score (nSPS) is 30.3. The lowest BCUT2D eigenvalue weighted by atomic mass is 10.1. The number of hydrogen-bond acceptors (Lipinski definition) is 3. The molecular weight excluding hydrogens is 204 g/mol. The third-order valence-corrected chi connectivity index (χ3v) is 2.67. The van der Waals surface area contributed by atoms with Crippen LogP contribution in [0.2, 0.25) is 0 Å². The van der Waals surface area contributed by atoms with Gasteiger partial charge < -0.3 is 15.4 Å². The fraction of sp³-hybridized carbons (Fsp3) is 0.889. The van der Waals surface area contributed by atoms with Crippen LogP contribution < -0.4 is 10.6 Å². The molecule has 0 aliphatic carbocycles. The van der Waals surface area contributed by atoms with E-state index in [0.29, 0.717) is 6.54 Å². The van der Waals surface area contributed by atoms with Crippen LogP contribution in [-0.2, 0) is 9.53 Å². The molecule has 0 bridgehead atoms. The van der Waals surface area contributed by atoms with Crippen molar-refractivity contribution in [3.8, 4) is 0 Å². The van der Waals surface area contributed by atoms with Crippen LogP contribution in [0.25, 0.3) is 0 Å². The van der Waals surface area contributed by atoms with E-state index in [2.05, 4.69) is 10.6 Å². The monoisotopic (exact) mass is 220 g/mol. The summed E-state index contributed by atoms with van der Waals surface area (Å²) in [6.07, 6.45) is 3.43. The number of halogens is 1. The topological polar surface area (TPSA) is 50.4 Å². The van der Waals surface area contributed by atoms with Gasteiger partial charge in [-0.05, 0) is 25.8 Å². The van der Waals surface area contributed by atoms with Crippen LogP contribution in [0, 0.1) is 0 Å². The average Bonchev–Trinajstić information content (AvgIpc) is 2.49. The minimum Gasteiger partial charge on any atom is -0.376 e. The highest BCUT2D eigenvalue weighted by Crippen LogP contribution is 2.10. The molecule has 2 heterocycles. The first-order chi connectivity index (χ1) is 6.36. The van der Waals surface area contributed by atoms with Gasteiger partial charge in [0.15, 0.2) is 0 Å². The Bertz CT molecular complexity index is 191. The van der Waals surface area contributed by atoms with Crippen LogP contribution in [0.5, 0.6) is 0 Å². The first-order valence-electron chi connectivity index (χ1n) is 4.99. The molecule has 0 aromatic carbocycles. The van der Waals surface area contributed by atoms with Gasteiger partial charge in [-0.2, -0.15) is 0 Å². The third kappa shape index (κ3) is 2.83. The molecule has 5 heteroatoms. The third-order valence-electron chi connectivity index (χ3n) is 2.67. The number of ether oxygens (including phenoxy) is 1. The van der Waals surface area contributed by atoms with Crippen molar-refractivity contribution < 1.29 is 9.53 Å². The van der Waals surface area contributed by atoms with Crippen molar-refractivity contribution in [1.29, 1.82) is 0 Å². The van der Waals surface area contributed by atoms with Gasteiger partial charge in [0.25, 0.3) is 0 Å². The Balaban J connectivity index is 0.000000980. The number of carbonyl (C=O) groups is 1. The summed E-state index contributed by atoms with van der Waals surface area (Å²) in [5.41, 5.74) is 0. The van der Waals surface area contributed by atoms with E-state index < -0.39 is 0 Å². The second-order valence-electron chi connectivity index (χ2n) is 3.68. The zero-order valence-corrected chi connectivity index (χ0v) is 8.94. The van der Waals surface area contributed by atoms with Crippen molar-refractivity contribution >= 4 is 18.3 Å². The average molecular weight is 221 g/mol. The largest absolute Gasteiger partial charge is 0.376 e. The van der Waals surface area contributed by atoms with Crippen molar-refractivity contribution in [2.24, 2.45) is 0 Å². The van der Waals surface area contributed by atoms with E-state index in [4.69, 9.17) is 4.74 Å². The molecule has 0 aromatic rings. The van der Waals surface area contributed by atoms with Gasteiger partial charge in [-0.25, -0.2) is 0 Å². The fourth-order valence-electron chi connectivity index (χ4n) is 1.66. The number of rotatable bonds is 3. The molecule has 1 unspecified atom stereocenters. The molecule has 2 aliphatic heterocycles. The molecule has 82 valence electrons. The second-order valence-corrected chi connectivity index (χ2v) is 3.68. The van der Waals surface area contributed by atoms with Gasteiger partial charge in [0.2, 0.25) is 5.91 Å². The van der Waals surface area contributed by atoms with E-state index in [9.17, 15) is 4.79 Å². The standard InChI is InChI=1S/C9H16N2O2.ClH/c12-9(8-3-4-10-8)11-6-7-2-1-5-13-7;/h7-8,10H,1-6H2,(H,11,12);1H/t7?,8-;/m1./s1. The number of carbonyl (C=O) groups excluding carboxylic acids is 1. The first-order valence-corrected chi connectivity index (χ1v) is 4.99. The van der Waals surface area contributed by atoms with Crippen LogP contribution in [0.3, 0.4) is 0 Å². The van der Waals surface area contributed by atoms with Crippen LogP contribution in [0.15, 0.2) is 0 Å². The maximum atomic E-state index is 11.4. The SMILES string of the molecule is Cl.O=C(NCC1CCCO1)[C@H]1CCN1. The molecule has 1 amide bonds. The molecule has 0 saturated carbocycles. The van der Waals surface area contributed by atoms with Gasteiger partial charge >= 0.3 is 0 Å². The summed E-state index contributed by atoms with van der Waals surface area (Å²) in [6, 6.07) is 0.0569. The van der Waals surface area contributed by atoms with Crippen molar-refractivity contribution in [1.82, 2.24) is 10.6 Å². The summed E-state index contributed by atoms with van der Waals surface area (Å²) in [7, 11) is 0. The molecule has 2 aliphatic rings. The Morgan fingerprint density at radius 1 is 1.50 bits per heavy atom. The summed E-state index contributed by atoms with van der Waals surface area (Å²) in [5, 5.41) is 5.97. The molecule has 2 fully saturated rings. The van der Waals surface area contributed by atoms with Crippen molar-refractivity contribution in [3.05, 3.63) is 0 Å². The van der Waals surface area contributed by atoms with Crippen molar-refractivity contribution in [2.75, 3.05) is 19.7 Å². The summed E-state index contributed by atoms with van der Waals surface area (Å²) in [4.78, 5) is 11.4. The van der Waals surface area contributed by atoms with Crippen molar-refractivity contribution in [3.63, 3.8) is 0 Å². The fourth-order valence-corrected chi connectivity index (χ4v) is 1.66. The minimum atomic E-state index is 0. The summed E-state index contributed by atoms with van der Waals surface area (Å²) in [5.74, 6) is 0.127. The molecule has 2 rings (SSSR count). The van der Waals surface area contributed by atoms with Gasteiger partial charge in [0.1, 0.15) is 0 Å². The lowest BCUT2D eigenvalue weighted by Crippen LogP contribution is -2.54. The Kier molecular flexibility index (Phi) is 4.65. The van der Waals surface area contributed by atoms with Gasteiger partial charge in [-0.15, -0.1) is 12.4 Å². The molecule has 0 aromatic heterocycles. The highest BCUT2D eigenvalue weighted by atomic mass is 35.5. The van der Waals surface area contributed by atoms with Gasteiger partial charge in [-0.1, -0.05) is 0 Å². The maximum absolute atomic E-state index is 11.4. The zero-order valence-electron chi connectivity index (χ0n) is 8.12. The molecule has 4 nitrogen and oxygen atoms in total.